The summed E-state index contributed by atoms with van der Waals surface area (Å²) < 4.78 is 26.8. The molecule has 74 valence electrons. The zero-order chi connectivity index (χ0) is 9.45. The van der Waals surface area contributed by atoms with Crippen LogP contribution < -0.4 is 0 Å². The average molecular weight is 194 g/mol. The van der Waals surface area contributed by atoms with E-state index in [4.69, 9.17) is 4.18 Å². The molecule has 0 radical (unpaired) electrons. The van der Waals surface area contributed by atoms with Gasteiger partial charge in [0.1, 0.15) is 0 Å². The molecule has 0 rings (SSSR count). The van der Waals surface area contributed by atoms with Gasteiger partial charge >= 0.3 is 0 Å². The molecule has 0 aliphatic rings. The summed E-state index contributed by atoms with van der Waals surface area (Å²) in [5, 5.41) is 0. The molecule has 0 aliphatic heterocycles. The van der Waals surface area contributed by atoms with Gasteiger partial charge < -0.3 is 0 Å². The summed E-state index contributed by atoms with van der Waals surface area (Å²) in [7, 11) is -3.22. The normalized spacial score (nSPS) is 11.8. The third kappa shape index (κ3) is 6.61. The van der Waals surface area contributed by atoms with Crippen LogP contribution in [0.5, 0.6) is 0 Å². The molecule has 0 atom stereocenters. The van der Waals surface area contributed by atoms with Crippen LogP contribution in [-0.2, 0) is 14.3 Å². The third-order valence-corrected chi connectivity index (χ3v) is 2.78. The Hall–Kier alpha value is -0.0900. The fraction of sp³-hybridized carbons (Fsp3) is 1.00. The zero-order valence-electron chi connectivity index (χ0n) is 7.88. The number of hydrogen-bond acceptors (Lipinski definition) is 3. The first-order valence-corrected chi connectivity index (χ1v) is 6.07. The topological polar surface area (TPSA) is 43.4 Å². The van der Waals surface area contributed by atoms with Crippen LogP contribution >= 0.6 is 0 Å². The van der Waals surface area contributed by atoms with Gasteiger partial charge in [-0.2, -0.15) is 8.42 Å². The lowest BCUT2D eigenvalue weighted by Crippen LogP contribution is -2.11. The van der Waals surface area contributed by atoms with Crippen LogP contribution in [0.1, 0.15) is 39.5 Å². The van der Waals surface area contributed by atoms with Crippen molar-refractivity contribution < 1.29 is 12.6 Å². The van der Waals surface area contributed by atoms with Gasteiger partial charge in [-0.05, 0) is 12.8 Å². The molecule has 0 aliphatic carbocycles. The molecule has 0 saturated carbocycles. The van der Waals surface area contributed by atoms with E-state index < -0.39 is 10.1 Å². The molecule has 3 nitrogen and oxygen atoms in total. The Labute approximate surface area is 75.2 Å². The smallest absolute Gasteiger partial charge is 0.267 e. The molecule has 0 aromatic heterocycles. The lowest BCUT2D eigenvalue weighted by Gasteiger charge is -2.02. The molecular weight excluding hydrogens is 176 g/mol. The van der Waals surface area contributed by atoms with Gasteiger partial charge in [0.25, 0.3) is 10.1 Å². The van der Waals surface area contributed by atoms with Crippen molar-refractivity contribution in [2.45, 2.75) is 39.5 Å². The average Bonchev–Trinajstić information content (AvgIpc) is 2.01. The maximum atomic E-state index is 11.0. The van der Waals surface area contributed by atoms with Gasteiger partial charge in [-0.1, -0.05) is 26.7 Å². The molecule has 0 bridgehead atoms. The van der Waals surface area contributed by atoms with Gasteiger partial charge in [0, 0.05) is 0 Å². The van der Waals surface area contributed by atoms with E-state index in [2.05, 4.69) is 0 Å². The van der Waals surface area contributed by atoms with Gasteiger partial charge in [0.15, 0.2) is 0 Å². The fourth-order valence-electron chi connectivity index (χ4n) is 0.798. The highest BCUT2D eigenvalue weighted by Crippen LogP contribution is 2.01. The minimum absolute atomic E-state index is 0.167. The summed E-state index contributed by atoms with van der Waals surface area (Å²) in [5.74, 6) is 0.167. The van der Waals surface area contributed by atoms with E-state index in [-0.39, 0.29) is 5.75 Å². The summed E-state index contributed by atoms with van der Waals surface area (Å²) in [4.78, 5) is 0. The van der Waals surface area contributed by atoms with Crippen molar-refractivity contribution in [3.63, 3.8) is 0 Å². The van der Waals surface area contributed by atoms with Crippen molar-refractivity contribution >= 4 is 10.1 Å². The Bertz CT molecular complexity index is 184. The van der Waals surface area contributed by atoms with E-state index in [0.29, 0.717) is 13.0 Å². The van der Waals surface area contributed by atoms with Crippen LogP contribution in [0.25, 0.3) is 0 Å². The Morgan fingerprint density at radius 2 is 1.75 bits per heavy atom. The molecule has 12 heavy (non-hydrogen) atoms. The predicted molar refractivity (Wildman–Crippen MR) is 49.6 cm³/mol. The minimum Gasteiger partial charge on any atom is -0.270 e. The van der Waals surface area contributed by atoms with E-state index in [1.807, 2.05) is 13.8 Å². The quantitative estimate of drug-likeness (QED) is 0.459. The van der Waals surface area contributed by atoms with Gasteiger partial charge in [-0.15, -0.1) is 0 Å². The summed E-state index contributed by atoms with van der Waals surface area (Å²) in [6.45, 7) is 4.25. The Kier molecular flexibility index (Phi) is 6.38. The highest BCUT2D eigenvalue weighted by atomic mass is 32.2. The van der Waals surface area contributed by atoms with Crippen molar-refractivity contribution in [1.29, 1.82) is 0 Å². The zero-order valence-corrected chi connectivity index (χ0v) is 8.69. The second-order valence-corrected chi connectivity index (χ2v) is 4.55. The number of rotatable bonds is 7. The van der Waals surface area contributed by atoms with Gasteiger partial charge in [-0.3, -0.25) is 4.18 Å². The molecule has 0 heterocycles. The second-order valence-electron chi connectivity index (χ2n) is 2.79. The van der Waals surface area contributed by atoms with Crippen molar-refractivity contribution in [2.75, 3.05) is 12.4 Å². The Balaban J connectivity index is 3.58. The van der Waals surface area contributed by atoms with Crippen LogP contribution in [0.3, 0.4) is 0 Å². The number of unbranched alkanes of at least 4 members (excludes halogenated alkanes) is 2. The molecular formula is C8H18O3S. The summed E-state index contributed by atoms with van der Waals surface area (Å²) >= 11 is 0. The van der Waals surface area contributed by atoms with Gasteiger partial charge in [0.05, 0.1) is 12.4 Å². The Morgan fingerprint density at radius 1 is 1.08 bits per heavy atom. The van der Waals surface area contributed by atoms with E-state index >= 15 is 0 Å². The minimum atomic E-state index is -3.22. The van der Waals surface area contributed by atoms with E-state index in [1.165, 1.54) is 0 Å². The van der Waals surface area contributed by atoms with Crippen molar-refractivity contribution in [3.05, 3.63) is 0 Å². The van der Waals surface area contributed by atoms with E-state index in [9.17, 15) is 8.42 Å². The predicted octanol–water partition coefficient (Wildman–Crippen LogP) is 1.93. The van der Waals surface area contributed by atoms with Crippen molar-refractivity contribution in [3.8, 4) is 0 Å². The maximum absolute atomic E-state index is 11.0. The molecule has 0 amide bonds. The highest BCUT2D eigenvalue weighted by Gasteiger charge is 2.08. The van der Waals surface area contributed by atoms with Gasteiger partial charge in [-0.25, -0.2) is 0 Å². The Morgan fingerprint density at radius 3 is 2.25 bits per heavy atom. The molecule has 0 fully saturated rings. The van der Waals surface area contributed by atoms with Crippen LogP contribution in [0.4, 0.5) is 0 Å². The largest absolute Gasteiger partial charge is 0.270 e. The molecule has 0 unspecified atom stereocenters. The summed E-state index contributed by atoms with van der Waals surface area (Å²) in [5.41, 5.74) is 0. The lowest BCUT2D eigenvalue weighted by atomic mass is 10.3. The second kappa shape index (κ2) is 6.43. The van der Waals surface area contributed by atoms with Crippen LogP contribution in [0.2, 0.25) is 0 Å². The molecule has 0 aromatic carbocycles. The first kappa shape index (κ1) is 11.9. The SMILES string of the molecule is CCCCCS(=O)(=O)OCCC. The number of hydrogen-bond donors (Lipinski definition) is 0. The summed E-state index contributed by atoms with van der Waals surface area (Å²) in [6.07, 6.45) is 3.44. The maximum Gasteiger partial charge on any atom is 0.267 e. The first-order valence-electron chi connectivity index (χ1n) is 4.49. The standard InChI is InChI=1S/C8H18O3S/c1-3-5-6-8-12(9,10)11-7-4-2/h3-8H2,1-2H3. The molecule has 0 aromatic rings. The van der Waals surface area contributed by atoms with E-state index in [1.54, 1.807) is 0 Å². The lowest BCUT2D eigenvalue weighted by molar-refractivity contribution is 0.317. The molecule has 0 spiro atoms. The van der Waals surface area contributed by atoms with Crippen LogP contribution in [0.15, 0.2) is 0 Å². The summed E-state index contributed by atoms with van der Waals surface area (Å²) in [6, 6.07) is 0. The molecule has 0 N–H and O–H groups in total. The first-order chi connectivity index (χ1) is 5.62. The van der Waals surface area contributed by atoms with Crippen LogP contribution in [0, 0.1) is 0 Å². The monoisotopic (exact) mass is 194 g/mol. The van der Waals surface area contributed by atoms with Gasteiger partial charge in [0.2, 0.25) is 0 Å². The molecule has 0 saturated heterocycles. The fourth-order valence-corrected chi connectivity index (χ4v) is 1.89. The van der Waals surface area contributed by atoms with Crippen molar-refractivity contribution in [2.24, 2.45) is 0 Å². The highest BCUT2D eigenvalue weighted by molar-refractivity contribution is 7.86. The third-order valence-electron chi connectivity index (χ3n) is 1.46. The van der Waals surface area contributed by atoms with Crippen LogP contribution in [-0.4, -0.2) is 20.8 Å². The van der Waals surface area contributed by atoms with E-state index in [0.717, 1.165) is 19.3 Å². The molecule has 4 heteroatoms. The van der Waals surface area contributed by atoms with Crippen molar-refractivity contribution in [1.82, 2.24) is 0 Å².